The van der Waals surface area contributed by atoms with Crippen LogP contribution in [0.25, 0.3) is 0 Å². The monoisotopic (exact) mass is 406 g/mol. The average molecular weight is 406 g/mol. The van der Waals surface area contributed by atoms with Gasteiger partial charge in [0.05, 0.1) is 5.57 Å². The summed E-state index contributed by atoms with van der Waals surface area (Å²) in [5.41, 5.74) is -2.77. The van der Waals surface area contributed by atoms with Crippen molar-refractivity contribution in [1.29, 1.82) is 0 Å². The van der Waals surface area contributed by atoms with E-state index in [4.69, 9.17) is 0 Å². The van der Waals surface area contributed by atoms with Gasteiger partial charge >= 0.3 is 29.6 Å². The summed E-state index contributed by atoms with van der Waals surface area (Å²) in [6.45, 7) is 16.6. The third-order valence-electron chi connectivity index (χ3n) is 6.92. The van der Waals surface area contributed by atoms with Crippen molar-refractivity contribution in [2.45, 2.75) is 60.3 Å². The number of fused-ring (bicyclic) bond motifs is 2. The van der Waals surface area contributed by atoms with Gasteiger partial charge < -0.3 is 5.11 Å². The van der Waals surface area contributed by atoms with E-state index in [0.717, 1.165) is 5.57 Å². The second-order valence-corrected chi connectivity index (χ2v) is 9.03. The topological polar surface area (TPSA) is 74.3 Å². The van der Waals surface area contributed by atoms with Gasteiger partial charge in [-0.1, -0.05) is 37.6 Å². The van der Waals surface area contributed by atoms with Crippen LogP contribution in [0, 0.1) is 22.2 Å². The van der Waals surface area contributed by atoms with Crippen LogP contribution in [0.2, 0.25) is 0 Å². The molecular weight excluding hydrogens is 375 g/mol. The van der Waals surface area contributed by atoms with E-state index < -0.39 is 33.6 Å². The molecule has 0 aromatic carbocycles. The second-order valence-electron chi connectivity index (χ2n) is 9.03. The molecule has 2 bridgehead atoms. The van der Waals surface area contributed by atoms with Crippen molar-refractivity contribution in [1.82, 2.24) is 0 Å². The van der Waals surface area contributed by atoms with E-state index in [0.29, 0.717) is 12.8 Å². The molecule has 0 unspecified atom stereocenters. The Labute approximate surface area is 196 Å². The van der Waals surface area contributed by atoms with Crippen LogP contribution in [-0.4, -0.2) is 17.3 Å². The number of hydrogen-bond acceptors (Lipinski definition) is 4. The van der Waals surface area contributed by atoms with Gasteiger partial charge in [-0.25, -0.2) is 0 Å². The fourth-order valence-corrected chi connectivity index (χ4v) is 5.22. The summed E-state index contributed by atoms with van der Waals surface area (Å²) in [5, 5.41) is 13.4. The minimum Gasteiger partial charge on any atom is -0.874 e. The van der Waals surface area contributed by atoms with E-state index in [1.54, 1.807) is 12.2 Å². The first-order chi connectivity index (χ1) is 12.9. The first-order valence-corrected chi connectivity index (χ1v) is 9.81. The summed E-state index contributed by atoms with van der Waals surface area (Å²) in [6, 6.07) is 0. The molecule has 29 heavy (non-hydrogen) atoms. The van der Waals surface area contributed by atoms with E-state index in [9.17, 15) is 19.5 Å². The molecule has 0 N–H and O–H groups in total. The first-order valence-electron chi connectivity index (χ1n) is 9.81. The van der Waals surface area contributed by atoms with Gasteiger partial charge in [0, 0.05) is 5.41 Å². The number of carbonyl (C=O) groups is 3. The van der Waals surface area contributed by atoms with Gasteiger partial charge in [0.25, 0.3) is 0 Å². The fourth-order valence-electron chi connectivity index (χ4n) is 5.22. The van der Waals surface area contributed by atoms with Crippen LogP contribution in [0.3, 0.4) is 0 Å². The Hall–Kier alpha value is -1.23. The average Bonchev–Trinajstić information content (AvgIpc) is 2.58. The Kier molecular flexibility index (Phi) is 7.89. The Bertz CT molecular complexity index is 813. The van der Waals surface area contributed by atoms with Crippen LogP contribution in [0.5, 0.6) is 0 Å². The molecule has 2 aliphatic carbocycles. The summed E-state index contributed by atoms with van der Waals surface area (Å²) >= 11 is 0. The van der Waals surface area contributed by atoms with Crippen LogP contribution in [0.4, 0.5) is 0 Å². The van der Waals surface area contributed by atoms with Crippen LogP contribution >= 0.6 is 0 Å². The summed E-state index contributed by atoms with van der Waals surface area (Å²) in [7, 11) is 0. The van der Waals surface area contributed by atoms with Crippen molar-refractivity contribution in [2.24, 2.45) is 22.2 Å². The molecular formula is C24H31NaO4. The van der Waals surface area contributed by atoms with E-state index in [1.165, 1.54) is 6.92 Å². The minimum atomic E-state index is -1.45. The molecule has 4 nitrogen and oxygen atoms in total. The maximum absolute atomic E-state index is 13.8. The number of allylic oxidation sites excluding steroid dienone is 6. The van der Waals surface area contributed by atoms with Crippen molar-refractivity contribution in [3.05, 3.63) is 48.3 Å². The maximum atomic E-state index is 13.8. The molecule has 0 heterocycles. The third kappa shape index (κ3) is 3.58. The Morgan fingerprint density at radius 1 is 1.14 bits per heavy atom. The summed E-state index contributed by atoms with van der Waals surface area (Å²) < 4.78 is 0. The van der Waals surface area contributed by atoms with E-state index >= 15 is 0 Å². The predicted molar refractivity (Wildman–Crippen MR) is 108 cm³/mol. The molecule has 2 aliphatic rings. The molecule has 0 radical (unpaired) electrons. The van der Waals surface area contributed by atoms with Crippen molar-refractivity contribution < 1.29 is 49.0 Å². The van der Waals surface area contributed by atoms with Gasteiger partial charge in [-0.15, -0.1) is 18.9 Å². The van der Waals surface area contributed by atoms with Crippen molar-refractivity contribution in [2.75, 3.05) is 0 Å². The van der Waals surface area contributed by atoms with Gasteiger partial charge in [-0.05, 0) is 57.8 Å². The molecule has 0 aromatic rings. The second kappa shape index (κ2) is 8.87. The summed E-state index contributed by atoms with van der Waals surface area (Å²) in [5.74, 6) is -2.24. The third-order valence-corrected chi connectivity index (χ3v) is 6.92. The summed E-state index contributed by atoms with van der Waals surface area (Å²) in [4.78, 5) is 39.7. The standard InChI is InChI=1S/C24H32O4.Na/c1-8-12-23-14-17(11-10-15(3)4)22(6,7)24(13-9-2,21(23)28)20(27)18(16(5)25)19(23)26;/h8-10,17,26H,1-2,11-14H2,3-7H3;/q;+1/p-1/t17-,23+,24-;/m1./s1. The maximum Gasteiger partial charge on any atom is 1.00 e. The van der Waals surface area contributed by atoms with Gasteiger partial charge in [-0.2, -0.15) is 0 Å². The fraction of sp³-hybridized carbons (Fsp3) is 0.542. The number of Topliss-reactive ketones (excluding diaryl/α,β-unsaturated/α-hetero) is 3. The van der Waals surface area contributed by atoms with Gasteiger partial charge in [0.1, 0.15) is 5.41 Å². The van der Waals surface area contributed by atoms with Crippen molar-refractivity contribution >= 4 is 17.3 Å². The minimum absolute atomic E-state index is 0. The molecule has 0 aliphatic heterocycles. The van der Waals surface area contributed by atoms with Crippen LogP contribution < -0.4 is 34.7 Å². The zero-order valence-electron chi connectivity index (χ0n) is 18.7. The first kappa shape index (κ1) is 25.8. The SMILES string of the molecule is C=CC[C@]12C[C@@H](CC=C(C)C)C(C)(C)[C@](CC=C)(C(=O)C(C(C)=O)=C1[O-])C2=O.[Na+]. The number of carbonyl (C=O) groups excluding carboxylic acids is 3. The number of ketones is 3. The zero-order valence-corrected chi connectivity index (χ0v) is 20.7. The molecule has 0 saturated heterocycles. The largest absolute Gasteiger partial charge is 1.00 e. The molecule has 1 saturated carbocycles. The molecule has 3 atom stereocenters. The Morgan fingerprint density at radius 3 is 2.14 bits per heavy atom. The number of rotatable bonds is 7. The predicted octanol–water partition coefficient (Wildman–Crippen LogP) is 0.873. The van der Waals surface area contributed by atoms with Gasteiger partial charge in [0.2, 0.25) is 0 Å². The van der Waals surface area contributed by atoms with Crippen LogP contribution in [0.1, 0.15) is 60.3 Å². The van der Waals surface area contributed by atoms with Crippen molar-refractivity contribution in [3.8, 4) is 0 Å². The molecule has 152 valence electrons. The molecule has 0 amide bonds. The zero-order chi connectivity index (χ0) is 21.5. The van der Waals surface area contributed by atoms with E-state index in [-0.39, 0.29) is 59.7 Å². The number of hydrogen-bond donors (Lipinski definition) is 0. The molecule has 0 aromatic heterocycles. The Balaban J connectivity index is 0.00000420. The van der Waals surface area contributed by atoms with Crippen LogP contribution in [-0.2, 0) is 14.4 Å². The van der Waals surface area contributed by atoms with Crippen LogP contribution in [0.15, 0.2) is 48.3 Å². The summed E-state index contributed by atoms with van der Waals surface area (Å²) in [6.07, 6.45) is 6.44. The molecule has 5 heteroatoms. The normalized spacial score (nSPS) is 30.3. The molecule has 0 spiro atoms. The molecule has 1 fully saturated rings. The molecule has 2 rings (SSSR count). The van der Waals surface area contributed by atoms with E-state index in [1.807, 2.05) is 27.7 Å². The van der Waals surface area contributed by atoms with Gasteiger partial charge in [0.15, 0.2) is 17.3 Å². The van der Waals surface area contributed by atoms with Crippen molar-refractivity contribution in [3.63, 3.8) is 0 Å². The van der Waals surface area contributed by atoms with E-state index in [2.05, 4.69) is 19.2 Å². The van der Waals surface area contributed by atoms with Gasteiger partial charge in [-0.3, -0.25) is 14.4 Å². The smallest absolute Gasteiger partial charge is 0.874 e. The quantitative estimate of drug-likeness (QED) is 0.272. The Morgan fingerprint density at radius 2 is 1.69 bits per heavy atom.